The first-order chi connectivity index (χ1) is 15.8. The molecule has 9 heteroatoms. The van der Waals surface area contributed by atoms with Crippen LogP contribution in [0.1, 0.15) is 40.9 Å². The van der Waals surface area contributed by atoms with Crippen LogP contribution in [-0.4, -0.2) is 38.7 Å². The number of nitriles is 1. The first-order valence-electron chi connectivity index (χ1n) is 10.5. The van der Waals surface area contributed by atoms with Crippen LogP contribution in [0.4, 0.5) is 0 Å². The van der Waals surface area contributed by atoms with Crippen LogP contribution < -0.4 is 10.4 Å². The number of carbonyl (C=O) groups is 1. The maximum Gasteiger partial charge on any atom is 0.336 e. The van der Waals surface area contributed by atoms with Crippen LogP contribution in [0.25, 0.3) is 5.69 Å². The maximum absolute atomic E-state index is 13.3. The molecule has 0 spiro atoms. The van der Waals surface area contributed by atoms with Crippen molar-refractivity contribution in [3.63, 3.8) is 0 Å². The van der Waals surface area contributed by atoms with Gasteiger partial charge in [0.25, 0.3) is 0 Å². The van der Waals surface area contributed by atoms with Crippen LogP contribution in [0.5, 0.6) is 11.6 Å². The Hall–Kier alpha value is -3.70. The van der Waals surface area contributed by atoms with Crippen molar-refractivity contribution in [2.75, 3.05) is 13.7 Å². The highest BCUT2D eigenvalue weighted by Crippen LogP contribution is 2.49. The summed E-state index contributed by atoms with van der Waals surface area (Å²) in [7, 11) is 1.58. The Labute approximate surface area is 194 Å². The van der Waals surface area contributed by atoms with Gasteiger partial charge in [-0.15, -0.1) is 0 Å². The molecule has 168 valence electrons. The van der Waals surface area contributed by atoms with Gasteiger partial charge in [-0.25, -0.2) is 9.36 Å². The Balaban J connectivity index is 1.50. The van der Waals surface area contributed by atoms with Gasteiger partial charge in [0.2, 0.25) is 11.8 Å². The number of ether oxygens (including phenoxy) is 1. The normalized spacial score (nSPS) is 18.3. The monoisotopic (exact) mass is 464 g/mol. The molecule has 0 saturated carbocycles. The number of benzene rings is 2. The lowest BCUT2D eigenvalue weighted by Gasteiger charge is -2.27. The van der Waals surface area contributed by atoms with Crippen molar-refractivity contribution >= 4 is 17.5 Å². The number of hydrogen-bond donors (Lipinski definition) is 1. The van der Waals surface area contributed by atoms with Crippen LogP contribution in [0, 0.1) is 18.3 Å². The molecule has 2 aliphatic rings. The van der Waals surface area contributed by atoms with E-state index in [1.807, 2.05) is 30.3 Å². The number of aromatic hydroxyl groups is 1. The van der Waals surface area contributed by atoms with E-state index in [0.29, 0.717) is 41.2 Å². The molecule has 1 amide bonds. The SMILES string of the molecule is COc1cccc(CC(=O)N2C[C@@H]3C[C@H]2c2c(O)n(-c4ccc(C#N)c(Cl)c4C)c(=O)n23)c1. The zero-order valence-corrected chi connectivity index (χ0v) is 18.8. The van der Waals surface area contributed by atoms with Gasteiger partial charge in [0.05, 0.1) is 41.9 Å². The van der Waals surface area contributed by atoms with E-state index in [2.05, 4.69) is 0 Å². The number of amides is 1. The Bertz CT molecular complexity index is 1400. The highest BCUT2D eigenvalue weighted by molar-refractivity contribution is 6.32. The zero-order chi connectivity index (χ0) is 23.4. The van der Waals surface area contributed by atoms with Gasteiger partial charge in [0, 0.05) is 6.54 Å². The molecule has 1 saturated heterocycles. The largest absolute Gasteiger partial charge is 0.497 e. The van der Waals surface area contributed by atoms with E-state index < -0.39 is 0 Å². The average Bonchev–Trinajstić information content (AvgIpc) is 3.48. The molecule has 5 rings (SSSR count). The van der Waals surface area contributed by atoms with Gasteiger partial charge in [0.15, 0.2) is 0 Å². The van der Waals surface area contributed by atoms with E-state index in [1.54, 1.807) is 29.6 Å². The number of methoxy groups -OCH3 is 1. The highest BCUT2D eigenvalue weighted by atomic mass is 35.5. The summed E-state index contributed by atoms with van der Waals surface area (Å²) >= 11 is 6.29. The van der Waals surface area contributed by atoms with Crippen molar-refractivity contribution < 1.29 is 14.6 Å². The fourth-order valence-corrected chi connectivity index (χ4v) is 5.20. The van der Waals surface area contributed by atoms with Crippen LogP contribution in [0.3, 0.4) is 0 Å². The second-order valence-corrected chi connectivity index (χ2v) is 8.74. The number of fused-ring (bicyclic) bond motifs is 5. The van der Waals surface area contributed by atoms with E-state index in [1.165, 1.54) is 10.6 Å². The number of aromatic nitrogens is 2. The predicted molar refractivity (Wildman–Crippen MR) is 121 cm³/mol. The number of likely N-dealkylation sites (tertiary alicyclic amines) is 1. The first-order valence-corrected chi connectivity index (χ1v) is 10.9. The van der Waals surface area contributed by atoms with Gasteiger partial charge >= 0.3 is 5.69 Å². The third-order valence-electron chi connectivity index (χ3n) is 6.59. The lowest BCUT2D eigenvalue weighted by atomic mass is 10.1. The lowest BCUT2D eigenvalue weighted by molar-refractivity contribution is -0.132. The molecule has 3 heterocycles. The molecule has 0 unspecified atom stereocenters. The van der Waals surface area contributed by atoms with E-state index in [0.717, 1.165) is 5.56 Å². The predicted octanol–water partition coefficient (Wildman–Crippen LogP) is 3.26. The Morgan fingerprint density at radius 2 is 2.12 bits per heavy atom. The Morgan fingerprint density at radius 3 is 2.85 bits per heavy atom. The lowest BCUT2D eigenvalue weighted by Crippen LogP contribution is -2.38. The van der Waals surface area contributed by atoms with E-state index >= 15 is 0 Å². The molecule has 2 bridgehead atoms. The van der Waals surface area contributed by atoms with E-state index in [-0.39, 0.29) is 41.0 Å². The number of rotatable bonds is 4. The maximum atomic E-state index is 13.3. The second-order valence-electron chi connectivity index (χ2n) is 8.36. The molecule has 3 aromatic rings. The van der Waals surface area contributed by atoms with Gasteiger partial charge in [-0.1, -0.05) is 23.7 Å². The Morgan fingerprint density at radius 1 is 1.33 bits per heavy atom. The fraction of sp³-hybridized carbons (Fsp3) is 0.292. The van der Waals surface area contributed by atoms with Crippen LogP contribution >= 0.6 is 11.6 Å². The summed E-state index contributed by atoms with van der Waals surface area (Å²) in [6, 6.07) is 11.9. The summed E-state index contributed by atoms with van der Waals surface area (Å²) < 4.78 is 8.04. The smallest absolute Gasteiger partial charge is 0.336 e. The van der Waals surface area contributed by atoms with Gasteiger partial charge in [-0.05, 0) is 48.7 Å². The molecular weight excluding hydrogens is 444 g/mol. The van der Waals surface area contributed by atoms with Crippen molar-refractivity contribution in [2.45, 2.75) is 31.8 Å². The van der Waals surface area contributed by atoms with Crippen molar-refractivity contribution in [3.05, 3.63) is 74.3 Å². The first kappa shape index (κ1) is 21.2. The third-order valence-corrected chi connectivity index (χ3v) is 7.07. The molecule has 8 nitrogen and oxygen atoms in total. The number of imidazole rings is 1. The number of hydrogen-bond acceptors (Lipinski definition) is 5. The molecule has 0 radical (unpaired) electrons. The fourth-order valence-electron chi connectivity index (χ4n) is 5.00. The minimum Gasteiger partial charge on any atom is -0.497 e. The van der Waals surface area contributed by atoms with Gasteiger partial charge in [0.1, 0.15) is 17.5 Å². The summed E-state index contributed by atoms with van der Waals surface area (Å²) in [6.07, 6.45) is 0.798. The minimum absolute atomic E-state index is 0.0702. The summed E-state index contributed by atoms with van der Waals surface area (Å²) in [4.78, 5) is 28.1. The summed E-state index contributed by atoms with van der Waals surface area (Å²) in [6.45, 7) is 2.11. The minimum atomic E-state index is -0.379. The summed E-state index contributed by atoms with van der Waals surface area (Å²) in [5.74, 6) is 0.415. The van der Waals surface area contributed by atoms with Crippen molar-refractivity contribution in [3.8, 4) is 23.4 Å². The molecule has 0 aliphatic carbocycles. The molecule has 2 atom stereocenters. The molecule has 2 aliphatic heterocycles. The van der Waals surface area contributed by atoms with Crippen LogP contribution in [0.15, 0.2) is 41.2 Å². The van der Waals surface area contributed by atoms with Gasteiger partial charge < -0.3 is 14.7 Å². The molecule has 2 aromatic carbocycles. The second kappa shape index (κ2) is 7.71. The molecular formula is C24H21ClN4O4. The number of nitrogens with zero attached hydrogens (tertiary/aromatic N) is 4. The van der Waals surface area contributed by atoms with Gasteiger partial charge in [-0.2, -0.15) is 5.26 Å². The highest BCUT2D eigenvalue weighted by Gasteiger charge is 2.49. The molecule has 1 aromatic heterocycles. The Kier molecular flexibility index (Phi) is 4.94. The van der Waals surface area contributed by atoms with E-state index in [4.69, 9.17) is 16.3 Å². The standard InChI is InChI=1S/C24H21ClN4O4/c1-13-18(7-6-15(11-26)21(13)25)29-23(31)22-19-10-16(28(22)24(29)32)12-27(19)20(30)9-14-4-3-5-17(8-14)33-2/h3-8,16,19,31H,9-10,12H2,1-2H3/t16-,19-/m0/s1. The van der Waals surface area contributed by atoms with Crippen LogP contribution in [-0.2, 0) is 11.2 Å². The third kappa shape index (κ3) is 3.11. The quantitative estimate of drug-likeness (QED) is 0.638. The summed E-state index contributed by atoms with van der Waals surface area (Å²) in [5.41, 5.74) is 2.14. The van der Waals surface area contributed by atoms with Crippen molar-refractivity contribution in [1.82, 2.24) is 14.0 Å². The number of carbonyl (C=O) groups excluding carboxylic acids is 1. The average molecular weight is 465 g/mol. The van der Waals surface area contributed by atoms with Crippen LogP contribution in [0.2, 0.25) is 5.02 Å². The zero-order valence-electron chi connectivity index (χ0n) is 18.1. The number of halogens is 1. The van der Waals surface area contributed by atoms with Gasteiger partial charge in [-0.3, -0.25) is 9.36 Å². The molecule has 33 heavy (non-hydrogen) atoms. The molecule has 1 fully saturated rings. The summed E-state index contributed by atoms with van der Waals surface area (Å²) in [5, 5.41) is 20.5. The topological polar surface area (TPSA) is 100 Å². The molecule has 1 N–H and O–H groups in total. The van der Waals surface area contributed by atoms with Crippen molar-refractivity contribution in [1.29, 1.82) is 5.26 Å². The van der Waals surface area contributed by atoms with E-state index in [9.17, 15) is 20.0 Å². The van der Waals surface area contributed by atoms with Crippen molar-refractivity contribution in [2.24, 2.45) is 0 Å².